The molecule has 0 aliphatic rings. The van der Waals surface area contributed by atoms with Crippen LogP contribution in [-0.2, 0) is 4.79 Å². The maximum Gasteiger partial charge on any atom is 0.326 e. The molecule has 4 heteroatoms. The smallest absolute Gasteiger partial charge is 0.326 e. The van der Waals surface area contributed by atoms with E-state index in [2.05, 4.69) is 0 Å². The van der Waals surface area contributed by atoms with Gasteiger partial charge in [-0.15, -0.1) is 11.6 Å². The predicted molar refractivity (Wildman–Crippen MR) is 49.3 cm³/mol. The third-order valence-electron chi connectivity index (χ3n) is 1.38. The van der Waals surface area contributed by atoms with Gasteiger partial charge in [-0.1, -0.05) is 6.07 Å². The Morgan fingerprint density at radius 1 is 1.46 bits per heavy atom. The number of halogens is 1. The second-order valence-corrected chi connectivity index (χ2v) is 2.55. The molecule has 0 amide bonds. The Morgan fingerprint density at radius 3 is 2.77 bits per heavy atom. The number of carbonyl (C=O) groups is 1. The minimum absolute atomic E-state index is 0.156. The Balaban J connectivity index is 2.71. The molecule has 70 valence electrons. The molecule has 0 aromatic heterocycles. The van der Waals surface area contributed by atoms with Gasteiger partial charge in [0, 0.05) is 6.07 Å². The minimum atomic E-state index is -0.477. The highest BCUT2D eigenvalue weighted by Gasteiger charge is 2.02. The van der Waals surface area contributed by atoms with E-state index in [1.807, 2.05) is 0 Å². The van der Waals surface area contributed by atoms with Gasteiger partial charge in [-0.3, -0.25) is 4.79 Å². The predicted octanol–water partition coefficient (Wildman–Crippen LogP) is 1.84. The molecule has 0 heterocycles. The van der Waals surface area contributed by atoms with Crippen molar-refractivity contribution in [3.05, 3.63) is 24.3 Å². The standard InChI is InChI=1S/C9H9ClO3/c1-12-7-3-2-4-8(5-7)13-9(11)6-10/h2-5H,6H2,1H3. The Morgan fingerprint density at radius 2 is 2.15 bits per heavy atom. The van der Waals surface area contributed by atoms with Crippen molar-refractivity contribution in [3.8, 4) is 11.5 Å². The van der Waals surface area contributed by atoms with Crippen LogP contribution in [0.5, 0.6) is 11.5 Å². The number of rotatable bonds is 3. The van der Waals surface area contributed by atoms with E-state index < -0.39 is 5.97 Å². The van der Waals surface area contributed by atoms with Crippen molar-refractivity contribution in [3.63, 3.8) is 0 Å². The fourth-order valence-corrected chi connectivity index (χ4v) is 0.878. The summed E-state index contributed by atoms with van der Waals surface area (Å²) in [6.07, 6.45) is 0. The summed E-state index contributed by atoms with van der Waals surface area (Å²) in [5, 5.41) is 0. The van der Waals surface area contributed by atoms with Crippen molar-refractivity contribution in [2.75, 3.05) is 13.0 Å². The number of hydrogen-bond acceptors (Lipinski definition) is 3. The zero-order chi connectivity index (χ0) is 9.68. The van der Waals surface area contributed by atoms with Crippen LogP contribution >= 0.6 is 11.6 Å². The molecule has 1 aromatic carbocycles. The normalized spacial score (nSPS) is 9.38. The first-order valence-electron chi connectivity index (χ1n) is 3.67. The Labute approximate surface area is 81.2 Å². The van der Waals surface area contributed by atoms with E-state index in [1.165, 1.54) is 0 Å². The molecule has 13 heavy (non-hydrogen) atoms. The van der Waals surface area contributed by atoms with Gasteiger partial charge in [0.05, 0.1) is 7.11 Å². The van der Waals surface area contributed by atoms with Crippen molar-refractivity contribution < 1.29 is 14.3 Å². The van der Waals surface area contributed by atoms with E-state index in [0.717, 1.165) is 0 Å². The van der Waals surface area contributed by atoms with Gasteiger partial charge in [0.2, 0.25) is 0 Å². The molecule has 0 aliphatic heterocycles. The number of methoxy groups -OCH3 is 1. The minimum Gasteiger partial charge on any atom is -0.497 e. The largest absolute Gasteiger partial charge is 0.497 e. The maximum atomic E-state index is 10.8. The number of alkyl halides is 1. The third kappa shape index (κ3) is 2.95. The molecular formula is C9H9ClO3. The molecule has 0 saturated heterocycles. The first-order valence-corrected chi connectivity index (χ1v) is 4.20. The maximum absolute atomic E-state index is 10.8. The van der Waals surface area contributed by atoms with E-state index in [-0.39, 0.29) is 5.88 Å². The first-order chi connectivity index (χ1) is 6.26. The average molecular weight is 201 g/mol. The van der Waals surface area contributed by atoms with E-state index in [1.54, 1.807) is 31.4 Å². The number of esters is 1. The Bertz CT molecular complexity index is 299. The molecule has 0 bridgehead atoms. The van der Waals surface area contributed by atoms with Crippen molar-refractivity contribution >= 4 is 17.6 Å². The number of hydrogen-bond donors (Lipinski definition) is 0. The van der Waals surface area contributed by atoms with Crippen molar-refractivity contribution in [1.82, 2.24) is 0 Å². The Hall–Kier alpha value is -1.22. The summed E-state index contributed by atoms with van der Waals surface area (Å²) < 4.78 is 9.80. The summed E-state index contributed by atoms with van der Waals surface area (Å²) in [7, 11) is 1.54. The molecule has 0 N–H and O–H groups in total. The topological polar surface area (TPSA) is 35.5 Å². The zero-order valence-electron chi connectivity index (χ0n) is 7.12. The Kier molecular flexibility index (Phi) is 3.58. The summed E-state index contributed by atoms with van der Waals surface area (Å²) >= 11 is 5.27. The molecule has 1 rings (SSSR count). The van der Waals surface area contributed by atoms with Gasteiger partial charge in [0.1, 0.15) is 17.4 Å². The molecule has 3 nitrogen and oxygen atoms in total. The number of carbonyl (C=O) groups excluding carboxylic acids is 1. The van der Waals surface area contributed by atoms with Crippen molar-refractivity contribution in [1.29, 1.82) is 0 Å². The van der Waals surface area contributed by atoms with Gasteiger partial charge >= 0.3 is 5.97 Å². The molecule has 0 radical (unpaired) electrons. The second kappa shape index (κ2) is 4.72. The molecular weight excluding hydrogens is 192 g/mol. The third-order valence-corrected chi connectivity index (χ3v) is 1.60. The monoisotopic (exact) mass is 200 g/mol. The van der Waals surface area contributed by atoms with E-state index >= 15 is 0 Å². The average Bonchev–Trinajstić information content (AvgIpc) is 2.18. The lowest BCUT2D eigenvalue weighted by molar-refractivity contribution is -0.131. The van der Waals surface area contributed by atoms with Crippen LogP contribution in [-0.4, -0.2) is 19.0 Å². The van der Waals surface area contributed by atoms with Crippen LogP contribution in [0, 0.1) is 0 Å². The van der Waals surface area contributed by atoms with Crippen LogP contribution in [0.2, 0.25) is 0 Å². The van der Waals surface area contributed by atoms with E-state index in [9.17, 15) is 4.79 Å². The number of ether oxygens (including phenoxy) is 2. The first kappa shape index (κ1) is 9.86. The molecule has 0 spiro atoms. The molecule has 0 unspecified atom stereocenters. The van der Waals surface area contributed by atoms with Gasteiger partial charge in [0.15, 0.2) is 0 Å². The molecule has 0 fully saturated rings. The fourth-order valence-electron chi connectivity index (χ4n) is 0.823. The highest BCUT2D eigenvalue weighted by Crippen LogP contribution is 2.18. The van der Waals surface area contributed by atoms with Crippen LogP contribution in [0.15, 0.2) is 24.3 Å². The van der Waals surface area contributed by atoms with E-state index in [0.29, 0.717) is 11.5 Å². The van der Waals surface area contributed by atoms with Crippen LogP contribution in [0.25, 0.3) is 0 Å². The number of benzene rings is 1. The highest BCUT2D eigenvalue weighted by molar-refractivity contribution is 6.26. The second-order valence-electron chi connectivity index (χ2n) is 2.29. The van der Waals surface area contributed by atoms with Gasteiger partial charge in [-0.2, -0.15) is 0 Å². The molecule has 0 saturated carbocycles. The van der Waals surface area contributed by atoms with Crippen LogP contribution in [0.4, 0.5) is 0 Å². The van der Waals surface area contributed by atoms with Gasteiger partial charge in [0.25, 0.3) is 0 Å². The molecule has 1 aromatic rings. The SMILES string of the molecule is COc1cccc(OC(=O)CCl)c1. The summed E-state index contributed by atoms with van der Waals surface area (Å²) in [6, 6.07) is 6.77. The van der Waals surface area contributed by atoms with Crippen LogP contribution in [0.3, 0.4) is 0 Å². The van der Waals surface area contributed by atoms with Gasteiger partial charge in [-0.05, 0) is 12.1 Å². The molecule has 0 aliphatic carbocycles. The molecule has 0 atom stereocenters. The lowest BCUT2D eigenvalue weighted by Gasteiger charge is -2.03. The lowest BCUT2D eigenvalue weighted by atomic mass is 10.3. The van der Waals surface area contributed by atoms with E-state index in [4.69, 9.17) is 21.1 Å². The van der Waals surface area contributed by atoms with Crippen molar-refractivity contribution in [2.45, 2.75) is 0 Å². The van der Waals surface area contributed by atoms with Crippen molar-refractivity contribution in [2.24, 2.45) is 0 Å². The zero-order valence-corrected chi connectivity index (χ0v) is 7.88. The van der Waals surface area contributed by atoms with Crippen LogP contribution < -0.4 is 9.47 Å². The fraction of sp³-hybridized carbons (Fsp3) is 0.222. The van der Waals surface area contributed by atoms with Crippen LogP contribution in [0.1, 0.15) is 0 Å². The summed E-state index contributed by atoms with van der Waals surface area (Å²) in [4.78, 5) is 10.8. The summed E-state index contributed by atoms with van der Waals surface area (Å²) in [5.41, 5.74) is 0. The van der Waals surface area contributed by atoms with Gasteiger partial charge in [-0.25, -0.2) is 0 Å². The lowest BCUT2D eigenvalue weighted by Crippen LogP contribution is -2.08. The quantitative estimate of drug-likeness (QED) is 0.424. The summed E-state index contributed by atoms with van der Waals surface area (Å²) in [6.45, 7) is 0. The van der Waals surface area contributed by atoms with Gasteiger partial charge < -0.3 is 9.47 Å². The highest BCUT2D eigenvalue weighted by atomic mass is 35.5. The summed E-state index contributed by atoms with van der Waals surface area (Å²) in [5.74, 6) is 0.441.